The van der Waals surface area contributed by atoms with E-state index in [9.17, 15) is 4.79 Å². The molecular formula is C13H10INO3S. The first kappa shape index (κ1) is 12.7. The van der Waals surface area contributed by atoms with E-state index < -0.39 is 0 Å². The third kappa shape index (κ3) is 2.69. The van der Waals surface area contributed by atoms with Crippen LogP contribution in [0.2, 0.25) is 0 Å². The zero-order valence-corrected chi connectivity index (χ0v) is 12.8. The summed E-state index contributed by atoms with van der Waals surface area (Å²) < 4.78 is 12.0. The maximum Gasteiger partial charge on any atom is 0.269 e. The van der Waals surface area contributed by atoms with E-state index in [0.717, 1.165) is 9.26 Å². The Morgan fingerprint density at radius 2 is 2.16 bits per heavy atom. The SMILES string of the molecule is O=C(Nc1cccc(I)c1)c1scc2c1OCCO2. The number of thiophene rings is 1. The van der Waals surface area contributed by atoms with E-state index in [4.69, 9.17) is 9.47 Å². The van der Waals surface area contributed by atoms with Crippen molar-refractivity contribution < 1.29 is 14.3 Å². The van der Waals surface area contributed by atoms with Crippen molar-refractivity contribution in [1.82, 2.24) is 0 Å². The van der Waals surface area contributed by atoms with Gasteiger partial charge in [-0.2, -0.15) is 0 Å². The lowest BCUT2D eigenvalue weighted by Gasteiger charge is -2.15. The highest BCUT2D eigenvalue weighted by Gasteiger charge is 2.23. The molecule has 4 nitrogen and oxygen atoms in total. The van der Waals surface area contributed by atoms with Gasteiger partial charge in [0.05, 0.1) is 0 Å². The predicted octanol–water partition coefficient (Wildman–Crippen LogP) is 3.38. The van der Waals surface area contributed by atoms with Crippen LogP contribution in [-0.2, 0) is 0 Å². The number of nitrogens with one attached hydrogen (secondary N) is 1. The van der Waals surface area contributed by atoms with Crippen LogP contribution < -0.4 is 14.8 Å². The van der Waals surface area contributed by atoms with Gasteiger partial charge in [-0.05, 0) is 40.8 Å². The number of halogens is 1. The third-order valence-corrected chi connectivity index (χ3v) is 4.20. The van der Waals surface area contributed by atoms with Crippen LogP contribution in [-0.4, -0.2) is 19.1 Å². The predicted molar refractivity (Wildman–Crippen MR) is 82.4 cm³/mol. The molecule has 0 unspecified atom stereocenters. The molecule has 0 aliphatic carbocycles. The van der Waals surface area contributed by atoms with Crippen molar-refractivity contribution in [3.8, 4) is 11.5 Å². The summed E-state index contributed by atoms with van der Waals surface area (Å²) in [6.45, 7) is 1.01. The maximum atomic E-state index is 12.2. The number of amides is 1. The Morgan fingerprint density at radius 3 is 3.00 bits per heavy atom. The van der Waals surface area contributed by atoms with Crippen LogP contribution in [0, 0.1) is 3.57 Å². The van der Waals surface area contributed by atoms with Crippen molar-refractivity contribution in [1.29, 1.82) is 0 Å². The molecule has 6 heteroatoms. The maximum absolute atomic E-state index is 12.2. The van der Waals surface area contributed by atoms with Gasteiger partial charge in [0.1, 0.15) is 18.1 Å². The molecule has 0 atom stereocenters. The van der Waals surface area contributed by atoms with Gasteiger partial charge in [-0.3, -0.25) is 4.79 Å². The molecular weight excluding hydrogens is 377 g/mol. The molecule has 98 valence electrons. The Kier molecular flexibility index (Phi) is 3.61. The minimum absolute atomic E-state index is 0.168. The number of hydrogen-bond acceptors (Lipinski definition) is 4. The van der Waals surface area contributed by atoms with E-state index in [1.807, 2.05) is 24.3 Å². The minimum atomic E-state index is -0.168. The lowest BCUT2D eigenvalue weighted by molar-refractivity contribution is 0.102. The number of rotatable bonds is 2. The summed E-state index contributed by atoms with van der Waals surface area (Å²) in [5, 5.41) is 4.67. The van der Waals surface area contributed by atoms with Gasteiger partial charge in [-0.15, -0.1) is 11.3 Å². The average molecular weight is 387 g/mol. The second kappa shape index (κ2) is 5.38. The number of carbonyl (C=O) groups is 1. The fraction of sp³-hybridized carbons (Fsp3) is 0.154. The fourth-order valence-electron chi connectivity index (χ4n) is 1.77. The summed E-state index contributed by atoms with van der Waals surface area (Å²) in [6.07, 6.45) is 0. The van der Waals surface area contributed by atoms with E-state index in [-0.39, 0.29) is 5.91 Å². The van der Waals surface area contributed by atoms with Crippen molar-refractivity contribution in [2.75, 3.05) is 18.5 Å². The standard InChI is InChI=1S/C13H10INO3S/c14-8-2-1-3-9(6-8)15-13(16)12-11-10(7-19-12)17-4-5-18-11/h1-3,6-7H,4-5H2,(H,15,16). The molecule has 0 saturated heterocycles. The lowest BCUT2D eigenvalue weighted by atomic mass is 10.3. The van der Waals surface area contributed by atoms with Gasteiger partial charge < -0.3 is 14.8 Å². The highest BCUT2D eigenvalue weighted by molar-refractivity contribution is 14.1. The quantitative estimate of drug-likeness (QED) is 0.804. The number of benzene rings is 1. The molecule has 2 heterocycles. The summed E-state index contributed by atoms with van der Waals surface area (Å²) in [4.78, 5) is 12.8. The van der Waals surface area contributed by atoms with E-state index >= 15 is 0 Å². The molecule has 0 fully saturated rings. The Labute approximate surface area is 127 Å². The van der Waals surface area contributed by atoms with Crippen LogP contribution in [0.4, 0.5) is 5.69 Å². The fourth-order valence-corrected chi connectivity index (χ4v) is 3.14. The molecule has 1 aliphatic heterocycles. The summed E-state index contributed by atoms with van der Waals surface area (Å²) in [7, 11) is 0. The van der Waals surface area contributed by atoms with Gasteiger partial charge in [0, 0.05) is 14.6 Å². The second-order valence-electron chi connectivity index (χ2n) is 3.92. The van der Waals surface area contributed by atoms with Crippen LogP contribution >= 0.6 is 33.9 Å². The molecule has 0 spiro atoms. The zero-order valence-electron chi connectivity index (χ0n) is 9.81. The largest absolute Gasteiger partial charge is 0.485 e. The van der Waals surface area contributed by atoms with Crippen molar-refractivity contribution in [3.05, 3.63) is 38.1 Å². The number of hydrogen-bond donors (Lipinski definition) is 1. The molecule has 0 bridgehead atoms. The minimum Gasteiger partial charge on any atom is -0.485 e. The third-order valence-electron chi connectivity index (χ3n) is 2.59. The van der Waals surface area contributed by atoms with Gasteiger partial charge in [0.2, 0.25) is 0 Å². The van der Waals surface area contributed by atoms with Crippen molar-refractivity contribution >= 4 is 45.5 Å². The van der Waals surface area contributed by atoms with Gasteiger partial charge in [-0.1, -0.05) is 6.07 Å². The number of ether oxygens (including phenoxy) is 2. The average Bonchev–Trinajstić information content (AvgIpc) is 2.82. The topological polar surface area (TPSA) is 47.6 Å². The van der Waals surface area contributed by atoms with Crippen LogP contribution in [0.15, 0.2) is 29.6 Å². The highest BCUT2D eigenvalue weighted by Crippen LogP contribution is 2.39. The Hall–Kier alpha value is -1.28. The summed E-state index contributed by atoms with van der Waals surface area (Å²) in [5.74, 6) is 1.04. The number of fused-ring (bicyclic) bond motifs is 1. The first-order valence-corrected chi connectivity index (χ1v) is 7.64. The zero-order chi connectivity index (χ0) is 13.2. The monoisotopic (exact) mass is 387 g/mol. The molecule has 0 saturated carbocycles. The molecule has 1 aliphatic rings. The van der Waals surface area contributed by atoms with Gasteiger partial charge in [0.15, 0.2) is 11.5 Å². The van der Waals surface area contributed by atoms with Gasteiger partial charge in [0.25, 0.3) is 5.91 Å². The molecule has 1 aromatic carbocycles. The molecule has 1 aromatic heterocycles. The number of carbonyl (C=O) groups excluding carboxylic acids is 1. The first-order chi connectivity index (χ1) is 9.24. The van der Waals surface area contributed by atoms with E-state index in [1.165, 1.54) is 11.3 Å². The van der Waals surface area contributed by atoms with Crippen molar-refractivity contribution in [3.63, 3.8) is 0 Å². The van der Waals surface area contributed by atoms with Gasteiger partial charge >= 0.3 is 0 Å². The Balaban J connectivity index is 1.83. The van der Waals surface area contributed by atoms with Gasteiger partial charge in [-0.25, -0.2) is 0 Å². The lowest BCUT2D eigenvalue weighted by Crippen LogP contribution is -2.17. The van der Waals surface area contributed by atoms with Crippen LogP contribution in [0.25, 0.3) is 0 Å². The summed E-state index contributed by atoms with van der Waals surface area (Å²) >= 11 is 3.54. The van der Waals surface area contributed by atoms with Crippen LogP contribution in [0.1, 0.15) is 9.67 Å². The van der Waals surface area contributed by atoms with Crippen LogP contribution in [0.5, 0.6) is 11.5 Å². The molecule has 0 radical (unpaired) electrons. The van der Waals surface area contributed by atoms with E-state index in [2.05, 4.69) is 27.9 Å². The number of anilines is 1. The molecule has 3 rings (SSSR count). The summed E-state index contributed by atoms with van der Waals surface area (Å²) in [5.41, 5.74) is 0.774. The molecule has 1 amide bonds. The Bertz CT molecular complexity index is 626. The van der Waals surface area contributed by atoms with E-state index in [1.54, 1.807) is 5.38 Å². The highest BCUT2D eigenvalue weighted by atomic mass is 127. The smallest absolute Gasteiger partial charge is 0.269 e. The molecule has 1 N–H and O–H groups in total. The molecule has 2 aromatic rings. The summed E-state index contributed by atoms with van der Waals surface area (Å²) in [6, 6.07) is 7.65. The van der Waals surface area contributed by atoms with E-state index in [0.29, 0.717) is 29.6 Å². The van der Waals surface area contributed by atoms with Crippen LogP contribution in [0.3, 0.4) is 0 Å². The first-order valence-electron chi connectivity index (χ1n) is 5.68. The Morgan fingerprint density at radius 1 is 1.32 bits per heavy atom. The normalized spacial score (nSPS) is 13.1. The molecule has 19 heavy (non-hydrogen) atoms. The van der Waals surface area contributed by atoms with Crippen molar-refractivity contribution in [2.24, 2.45) is 0 Å². The van der Waals surface area contributed by atoms with Crippen molar-refractivity contribution in [2.45, 2.75) is 0 Å². The second-order valence-corrected chi connectivity index (χ2v) is 6.04.